The van der Waals surface area contributed by atoms with Gasteiger partial charge in [-0.2, -0.15) is 18.3 Å². The first-order valence-corrected chi connectivity index (χ1v) is 11.0. The van der Waals surface area contributed by atoms with Gasteiger partial charge in [0, 0.05) is 50.8 Å². The van der Waals surface area contributed by atoms with E-state index in [1.165, 1.54) is 13.0 Å². The number of likely N-dealkylation sites (tertiary alicyclic amines) is 1. The number of fused-ring (bicyclic) bond motifs is 2. The summed E-state index contributed by atoms with van der Waals surface area (Å²) in [5, 5.41) is 7.20. The largest absolute Gasteiger partial charge is 0.416 e. The number of amides is 2. The molecule has 0 radical (unpaired) electrons. The SMILES string of the molecule is CC(=O)N1CCc2[nH]nc(C(=O)N3CC4CC(c5ccccc5C(F)(F)F)CC4C3)c2C1. The predicted octanol–water partition coefficient (Wildman–Crippen LogP) is 3.60. The van der Waals surface area contributed by atoms with Crippen LogP contribution in [-0.2, 0) is 23.9 Å². The van der Waals surface area contributed by atoms with Gasteiger partial charge in [-0.3, -0.25) is 14.7 Å². The third-order valence-electron chi connectivity index (χ3n) is 7.33. The maximum absolute atomic E-state index is 13.4. The maximum Gasteiger partial charge on any atom is 0.416 e. The lowest BCUT2D eigenvalue weighted by molar-refractivity contribution is -0.138. The number of aromatic nitrogens is 2. The van der Waals surface area contributed by atoms with Gasteiger partial charge in [-0.25, -0.2) is 0 Å². The van der Waals surface area contributed by atoms with Crippen molar-refractivity contribution in [3.8, 4) is 0 Å². The van der Waals surface area contributed by atoms with Crippen LogP contribution >= 0.6 is 0 Å². The van der Waals surface area contributed by atoms with Crippen molar-refractivity contribution in [3.63, 3.8) is 0 Å². The number of alkyl halides is 3. The number of halogens is 3. The highest BCUT2D eigenvalue weighted by molar-refractivity contribution is 5.94. The van der Waals surface area contributed by atoms with Gasteiger partial charge >= 0.3 is 6.18 Å². The number of nitrogens with zero attached hydrogens (tertiary/aromatic N) is 3. The average Bonchev–Trinajstić information content (AvgIpc) is 3.45. The number of H-pyrrole nitrogens is 1. The van der Waals surface area contributed by atoms with E-state index in [9.17, 15) is 22.8 Å². The molecule has 2 aromatic rings. The Morgan fingerprint density at radius 3 is 2.44 bits per heavy atom. The Morgan fingerprint density at radius 1 is 1.09 bits per heavy atom. The molecule has 2 atom stereocenters. The summed E-state index contributed by atoms with van der Waals surface area (Å²) in [6, 6.07) is 5.85. The first-order chi connectivity index (χ1) is 15.2. The van der Waals surface area contributed by atoms with E-state index in [4.69, 9.17) is 0 Å². The molecular formula is C23H25F3N4O2. The van der Waals surface area contributed by atoms with Crippen molar-refractivity contribution in [3.05, 3.63) is 52.3 Å². The minimum absolute atomic E-state index is 0.0314. The Kier molecular flexibility index (Phi) is 5.02. The first kappa shape index (κ1) is 21.0. The minimum Gasteiger partial charge on any atom is -0.338 e. The molecule has 1 aromatic heterocycles. The molecule has 2 aliphatic heterocycles. The van der Waals surface area contributed by atoms with Crippen molar-refractivity contribution in [1.29, 1.82) is 0 Å². The number of hydrogen-bond donors (Lipinski definition) is 1. The van der Waals surface area contributed by atoms with Crippen LogP contribution in [0.15, 0.2) is 24.3 Å². The van der Waals surface area contributed by atoms with Crippen molar-refractivity contribution >= 4 is 11.8 Å². The van der Waals surface area contributed by atoms with E-state index < -0.39 is 11.7 Å². The normalized spacial score (nSPS) is 25.1. The van der Waals surface area contributed by atoms with Crippen molar-refractivity contribution in [2.24, 2.45) is 11.8 Å². The van der Waals surface area contributed by atoms with Crippen molar-refractivity contribution in [2.75, 3.05) is 19.6 Å². The lowest BCUT2D eigenvalue weighted by Gasteiger charge is -2.26. The number of hydrogen-bond acceptors (Lipinski definition) is 3. The number of carbonyl (C=O) groups excluding carboxylic acids is 2. The van der Waals surface area contributed by atoms with E-state index in [-0.39, 0.29) is 29.6 Å². The van der Waals surface area contributed by atoms with Crippen LogP contribution in [0.2, 0.25) is 0 Å². The van der Waals surface area contributed by atoms with Crippen LogP contribution in [0.5, 0.6) is 0 Å². The van der Waals surface area contributed by atoms with Crippen LogP contribution < -0.4 is 0 Å². The van der Waals surface area contributed by atoms with Gasteiger partial charge in [0.2, 0.25) is 5.91 Å². The summed E-state index contributed by atoms with van der Waals surface area (Å²) >= 11 is 0. The quantitative estimate of drug-likeness (QED) is 0.767. The molecule has 2 amide bonds. The van der Waals surface area contributed by atoms with Gasteiger partial charge in [-0.05, 0) is 42.2 Å². The van der Waals surface area contributed by atoms with Crippen LogP contribution in [0.1, 0.15) is 58.6 Å². The van der Waals surface area contributed by atoms with E-state index in [1.54, 1.807) is 21.9 Å². The first-order valence-electron chi connectivity index (χ1n) is 11.0. The van der Waals surface area contributed by atoms with E-state index in [0.29, 0.717) is 56.7 Å². The Bertz CT molecular complexity index is 1050. The zero-order chi connectivity index (χ0) is 22.6. The van der Waals surface area contributed by atoms with Gasteiger partial charge in [0.1, 0.15) is 0 Å². The standard InChI is InChI=1S/C23H25F3N4O2/c1-13(31)29-7-6-20-18(12-29)21(28-27-20)22(32)30-10-15-8-14(9-16(15)11-30)17-4-2-3-5-19(17)23(24,25)26/h2-5,14-16H,6-12H2,1H3,(H,27,28). The number of nitrogens with one attached hydrogen (secondary N) is 1. The van der Waals surface area contributed by atoms with Crippen molar-refractivity contribution in [1.82, 2.24) is 20.0 Å². The molecule has 5 rings (SSSR count). The molecule has 1 aromatic carbocycles. The highest BCUT2D eigenvalue weighted by atomic mass is 19.4. The summed E-state index contributed by atoms with van der Waals surface area (Å²) in [6.45, 7) is 3.56. The van der Waals surface area contributed by atoms with E-state index in [2.05, 4.69) is 10.2 Å². The third-order valence-corrected chi connectivity index (χ3v) is 7.33. The summed E-state index contributed by atoms with van der Waals surface area (Å²) in [5.74, 6) is 0.0514. The number of aromatic amines is 1. The van der Waals surface area contributed by atoms with Gasteiger partial charge in [-0.1, -0.05) is 18.2 Å². The van der Waals surface area contributed by atoms with Gasteiger partial charge < -0.3 is 9.80 Å². The minimum atomic E-state index is -4.36. The van der Waals surface area contributed by atoms with Crippen LogP contribution in [0.4, 0.5) is 13.2 Å². The summed E-state index contributed by atoms with van der Waals surface area (Å²) < 4.78 is 40.3. The molecular weight excluding hydrogens is 421 g/mol. The molecule has 1 saturated carbocycles. The molecule has 0 spiro atoms. The molecule has 170 valence electrons. The summed E-state index contributed by atoms with van der Waals surface area (Å²) in [5.41, 5.74) is 1.87. The maximum atomic E-state index is 13.4. The molecule has 2 fully saturated rings. The number of benzene rings is 1. The Morgan fingerprint density at radius 2 is 1.78 bits per heavy atom. The van der Waals surface area contributed by atoms with Crippen LogP contribution in [0.25, 0.3) is 0 Å². The molecule has 0 bridgehead atoms. The fraction of sp³-hybridized carbons (Fsp3) is 0.522. The average molecular weight is 446 g/mol. The highest BCUT2D eigenvalue weighted by Gasteiger charge is 2.45. The summed E-state index contributed by atoms with van der Waals surface area (Å²) in [6.07, 6.45) is -2.42. The zero-order valence-electron chi connectivity index (χ0n) is 17.8. The molecule has 2 unspecified atom stereocenters. The van der Waals surface area contributed by atoms with E-state index in [0.717, 1.165) is 17.3 Å². The lowest BCUT2D eigenvalue weighted by Crippen LogP contribution is -2.36. The van der Waals surface area contributed by atoms with Crippen molar-refractivity contribution < 1.29 is 22.8 Å². The van der Waals surface area contributed by atoms with Crippen molar-refractivity contribution in [2.45, 2.75) is 44.8 Å². The molecule has 6 nitrogen and oxygen atoms in total. The number of rotatable bonds is 2. The van der Waals surface area contributed by atoms with E-state index in [1.807, 2.05) is 0 Å². The topological polar surface area (TPSA) is 69.3 Å². The molecule has 3 heterocycles. The van der Waals surface area contributed by atoms with Gasteiger partial charge in [0.05, 0.1) is 5.56 Å². The van der Waals surface area contributed by atoms with Crippen LogP contribution in [-0.4, -0.2) is 51.4 Å². The fourth-order valence-corrected chi connectivity index (χ4v) is 5.72. The molecule has 1 saturated heterocycles. The zero-order valence-corrected chi connectivity index (χ0v) is 17.8. The molecule has 32 heavy (non-hydrogen) atoms. The fourth-order valence-electron chi connectivity index (χ4n) is 5.72. The lowest BCUT2D eigenvalue weighted by atomic mass is 9.91. The second-order valence-electron chi connectivity index (χ2n) is 9.20. The monoisotopic (exact) mass is 446 g/mol. The molecule has 3 aliphatic rings. The summed E-state index contributed by atoms with van der Waals surface area (Å²) in [7, 11) is 0. The Labute approximate surface area is 183 Å². The Hall–Kier alpha value is -2.84. The Balaban J connectivity index is 1.29. The van der Waals surface area contributed by atoms with Gasteiger partial charge in [0.15, 0.2) is 5.69 Å². The second kappa shape index (κ2) is 7.64. The van der Waals surface area contributed by atoms with Gasteiger partial charge in [0.25, 0.3) is 5.91 Å². The van der Waals surface area contributed by atoms with E-state index >= 15 is 0 Å². The predicted molar refractivity (Wildman–Crippen MR) is 110 cm³/mol. The highest BCUT2D eigenvalue weighted by Crippen LogP contribution is 2.49. The molecule has 1 N–H and O–H groups in total. The van der Waals surface area contributed by atoms with Gasteiger partial charge in [-0.15, -0.1) is 0 Å². The van der Waals surface area contributed by atoms with Crippen LogP contribution in [0.3, 0.4) is 0 Å². The molecule has 9 heteroatoms. The van der Waals surface area contributed by atoms with Crippen LogP contribution in [0, 0.1) is 11.8 Å². The summed E-state index contributed by atoms with van der Waals surface area (Å²) in [4.78, 5) is 28.5. The number of carbonyl (C=O) groups is 2. The third kappa shape index (κ3) is 3.57. The second-order valence-corrected chi connectivity index (χ2v) is 9.20. The molecule has 1 aliphatic carbocycles. The smallest absolute Gasteiger partial charge is 0.338 e.